The summed E-state index contributed by atoms with van der Waals surface area (Å²) in [4.78, 5) is 39.6. The normalized spacial score (nSPS) is 23.6. The molecule has 2 aliphatic rings. The topological polar surface area (TPSA) is 102 Å². The van der Waals surface area contributed by atoms with Gasteiger partial charge in [0.2, 0.25) is 0 Å². The molecule has 4 atom stereocenters. The number of allylic oxidation sites excluding steroid dienone is 2. The maximum atomic E-state index is 13.4. The van der Waals surface area contributed by atoms with E-state index in [1.807, 2.05) is 36.4 Å². The number of amides is 2. The Balaban J connectivity index is 1.57. The van der Waals surface area contributed by atoms with Crippen molar-refractivity contribution in [2.24, 2.45) is 0 Å². The predicted molar refractivity (Wildman–Crippen MR) is 134 cm³/mol. The first-order valence-electron chi connectivity index (χ1n) is 12.8. The first kappa shape index (κ1) is 27.6. The highest BCUT2D eigenvalue weighted by atomic mass is 16.6. The minimum absolute atomic E-state index is 0.259. The quantitative estimate of drug-likeness (QED) is 0.395. The van der Waals surface area contributed by atoms with Gasteiger partial charge in [-0.25, -0.2) is 9.69 Å². The second-order valence-corrected chi connectivity index (χ2v) is 9.19. The Kier molecular flexibility index (Phi) is 10.7. The van der Waals surface area contributed by atoms with Crippen molar-refractivity contribution in [3.8, 4) is 0 Å². The van der Waals surface area contributed by atoms with Crippen LogP contribution in [-0.4, -0.2) is 59.8 Å². The van der Waals surface area contributed by atoms with Gasteiger partial charge in [0.25, 0.3) is 5.91 Å². The number of unbranched alkanes of at least 4 members (excludes halogenated alkanes) is 7. The van der Waals surface area contributed by atoms with Crippen molar-refractivity contribution >= 4 is 17.8 Å². The SMILES string of the molecule is COC(C(=O)N1C(=O)OC(c2ccccc2)C1C)C1OC(=CCCCCCCCCCO)C=CC1=O. The maximum absolute atomic E-state index is 13.4. The van der Waals surface area contributed by atoms with Crippen LogP contribution in [0.2, 0.25) is 0 Å². The van der Waals surface area contributed by atoms with Gasteiger partial charge < -0.3 is 19.3 Å². The molecule has 2 heterocycles. The average Bonchev–Trinajstić information content (AvgIpc) is 3.19. The molecule has 2 amide bonds. The lowest BCUT2D eigenvalue weighted by molar-refractivity contribution is -0.153. The van der Waals surface area contributed by atoms with Gasteiger partial charge in [-0.15, -0.1) is 0 Å². The Morgan fingerprint density at radius 1 is 1.03 bits per heavy atom. The van der Waals surface area contributed by atoms with Gasteiger partial charge >= 0.3 is 6.09 Å². The summed E-state index contributed by atoms with van der Waals surface area (Å²) >= 11 is 0. The summed E-state index contributed by atoms with van der Waals surface area (Å²) in [5, 5.41) is 8.82. The minimum atomic E-state index is -1.28. The molecule has 0 spiro atoms. The van der Waals surface area contributed by atoms with E-state index in [0.717, 1.165) is 61.8 Å². The number of carbonyl (C=O) groups excluding carboxylic acids is 3. The van der Waals surface area contributed by atoms with Crippen LogP contribution in [0.1, 0.15) is 70.0 Å². The summed E-state index contributed by atoms with van der Waals surface area (Å²) in [6, 6.07) is 8.64. The fourth-order valence-electron chi connectivity index (χ4n) is 4.55. The number of hydrogen-bond acceptors (Lipinski definition) is 7. The minimum Gasteiger partial charge on any atom is -0.479 e. The van der Waals surface area contributed by atoms with Crippen LogP contribution < -0.4 is 0 Å². The van der Waals surface area contributed by atoms with Gasteiger partial charge in [0, 0.05) is 13.7 Å². The molecule has 2 aliphatic heterocycles. The molecule has 0 radical (unpaired) electrons. The van der Waals surface area contributed by atoms with E-state index in [1.54, 1.807) is 13.0 Å². The molecule has 4 unspecified atom stereocenters. The fourth-order valence-corrected chi connectivity index (χ4v) is 4.55. The highest BCUT2D eigenvalue weighted by molar-refractivity contribution is 6.03. The molecular weight excluding hydrogens is 462 g/mol. The Morgan fingerprint density at radius 2 is 1.69 bits per heavy atom. The van der Waals surface area contributed by atoms with Crippen LogP contribution in [-0.2, 0) is 23.8 Å². The predicted octanol–water partition coefficient (Wildman–Crippen LogP) is 4.63. The smallest absolute Gasteiger partial charge is 0.417 e. The molecule has 0 bridgehead atoms. The number of benzene rings is 1. The zero-order chi connectivity index (χ0) is 25.9. The lowest BCUT2D eigenvalue weighted by atomic mass is 10.0. The van der Waals surface area contributed by atoms with Crippen molar-refractivity contribution < 1.29 is 33.7 Å². The largest absolute Gasteiger partial charge is 0.479 e. The molecule has 0 aromatic heterocycles. The third-order valence-electron chi connectivity index (χ3n) is 6.57. The number of hydrogen-bond donors (Lipinski definition) is 1. The number of carbonyl (C=O) groups is 3. The molecule has 8 nitrogen and oxygen atoms in total. The Morgan fingerprint density at radius 3 is 2.36 bits per heavy atom. The maximum Gasteiger partial charge on any atom is 0.417 e. The van der Waals surface area contributed by atoms with Crippen molar-refractivity contribution in [3.63, 3.8) is 0 Å². The zero-order valence-electron chi connectivity index (χ0n) is 21.1. The molecule has 0 aliphatic carbocycles. The zero-order valence-corrected chi connectivity index (χ0v) is 21.1. The first-order chi connectivity index (χ1) is 17.5. The van der Waals surface area contributed by atoms with Gasteiger partial charge in [0.05, 0.1) is 6.04 Å². The molecule has 196 valence electrons. The molecule has 8 heteroatoms. The number of rotatable bonds is 13. The molecule has 3 rings (SSSR count). The van der Waals surface area contributed by atoms with E-state index in [4.69, 9.17) is 19.3 Å². The standard InChI is InChI=1S/C28H37NO7/c1-20-24(21-14-10-9-11-15-21)36-28(33)29(20)27(32)26(34-2)25-23(31)18-17-22(35-25)16-12-7-5-3-4-6-8-13-19-30/h9-11,14-18,20,24-26,30H,3-8,12-13,19H2,1-2H3. The van der Waals surface area contributed by atoms with Crippen LogP contribution in [0.15, 0.2) is 54.3 Å². The number of methoxy groups -OCH3 is 1. The van der Waals surface area contributed by atoms with Crippen molar-refractivity contribution in [1.29, 1.82) is 0 Å². The van der Waals surface area contributed by atoms with Gasteiger partial charge in [0.15, 0.2) is 18.0 Å². The van der Waals surface area contributed by atoms with Crippen molar-refractivity contribution in [1.82, 2.24) is 4.90 Å². The van der Waals surface area contributed by atoms with Gasteiger partial charge in [0.1, 0.15) is 11.9 Å². The Labute approximate surface area is 212 Å². The van der Waals surface area contributed by atoms with E-state index in [-0.39, 0.29) is 6.61 Å². The summed E-state index contributed by atoms with van der Waals surface area (Å²) < 4.78 is 16.7. The van der Waals surface area contributed by atoms with Gasteiger partial charge in [-0.2, -0.15) is 0 Å². The molecule has 1 aromatic rings. The van der Waals surface area contributed by atoms with Crippen molar-refractivity contribution in [2.45, 2.75) is 82.6 Å². The molecule has 1 aromatic carbocycles. The number of ether oxygens (including phenoxy) is 3. The number of imide groups is 1. The van der Waals surface area contributed by atoms with E-state index in [0.29, 0.717) is 5.76 Å². The van der Waals surface area contributed by atoms with E-state index in [9.17, 15) is 14.4 Å². The summed E-state index contributed by atoms with van der Waals surface area (Å²) in [5.41, 5.74) is 0.783. The number of aliphatic hydroxyl groups excluding tert-OH is 1. The van der Waals surface area contributed by atoms with Crippen LogP contribution in [0, 0.1) is 0 Å². The van der Waals surface area contributed by atoms with Crippen LogP contribution in [0.5, 0.6) is 0 Å². The van der Waals surface area contributed by atoms with E-state index in [2.05, 4.69) is 0 Å². The van der Waals surface area contributed by atoms with Crippen LogP contribution in [0.25, 0.3) is 0 Å². The van der Waals surface area contributed by atoms with E-state index < -0.39 is 42.1 Å². The number of cyclic esters (lactones) is 1. The van der Waals surface area contributed by atoms with E-state index in [1.165, 1.54) is 13.2 Å². The molecule has 1 fully saturated rings. The number of aliphatic hydroxyl groups is 1. The highest BCUT2D eigenvalue weighted by Crippen LogP contribution is 2.33. The van der Waals surface area contributed by atoms with Crippen LogP contribution >= 0.6 is 0 Å². The summed E-state index contributed by atoms with van der Waals surface area (Å²) in [6.45, 7) is 1.99. The number of nitrogens with zero attached hydrogens (tertiary/aromatic N) is 1. The summed E-state index contributed by atoms with van der Waals surface area (Å²) in [7, 11) is 1.32. The molecular formula is C28H37NO7. The summed E-state index contributed by atoms with van der Waals surface area (Å²) in [6.07, 6.45) is 9.30. The molecule has 0 saturated carbocycles. The second-order valence-electron chi connectivity index (χ2n) is 9.19. The average molecular weight is 500 g/mol. The lowest BCUT2D eigenvalue weighted by Crippen LogP contribution is -2.52. The van der Waals surface area contributed by atoms with Gasteiger partial charge in [-0.3, -0.25) is 9.59 Å². The molecule has 1 N–H and O–H groups in total. The number of ketones is 1. The van der Waals surface area contributed by atoms with Crippen molar-refractivity contribution in [2.75, 3.05) is 13.7 Å². The third kappa shape index (κ3) is 7.04. The second kappa shape index (κ2) is 13.9. The molecule has 1 saturated heterocycles. The Bertz CT molecular complexity index is 942. The van der Waals surface area contributed by atoms with Crippen LogP contribution in [0.3, 0.4) is 0 Å². The first-order valence-corrected chi connectivity index (χ1v) is 12.8. The van der Waals surface area contributed by atoms with Gasteiger partial charge in [-0.05, 0) is 50.0 Å². The highest BCUT2D eigenvalue weighted by Gasteiger charge is 2.48. The van der Waals surface area contributed by atoms with Gasteiger partial charge in [-0.1, -0.05) is 62.4 Å². The Hall–Kier alpha value is -2.97. The third-order valence-corrected chi connectivity index (χ3v) is 6.57. The monoisotopic (exact) mass is 499 g/mol. The van der Waals surface area contributed by atoms with E-state index >= 15 is 0 Å². The van der Waals surface area contributed by atoms with Crippen LogP contribution in [0.4, 0.5) is 4.79 Å². The summed E-state index contributed by atoms with van der Waals surface area (Å²) in [5.74, 6) is -0.547. The lowest BCUT2D eigenvalue weighted by Gasteiger charge is -2.30. The molecule has 36 heavy (non-hydrogen) atoms. The fraction of sp³-hybridized carbons (Fsp3) is 0.536. The van der Waals surface area contributed by atoms with Crippen molar-refractivity contribution in [3.05, 3.63) is 59.9 Å².